The SMILES string of the molecule is CC/C(C)=N\N=C(/C)N1CCCC1. The highest BCUT2D eigenvalue weighted by Gasteiger charge is 2.11. The molecule has 1 fully saturated rings. The summed E-state index contributed by atoms with van der Waals surface area (Å²) in [6, 6.07) is 0. The van der Waals surface area contributed by atoms with Crippen molar-refractivity contribution in [1.82, 2.24) is 4.90 Å². The van der Waals surface area contributed by atoms with Crippen molar-refractivity contribution in [2.75, 3.05) is 13.1 Å². The molecule has 0 aromatic heterocycles. The molecule has 0 bridgehead atoms. The fraction of sp³-hybridized carbons (Fsp3) is 0.800. The molecule has 13 heavy (non-hydrogen) atoms. The maximum absolute atomic E-state index is 4.21. The molecule has 1 aliphatic rings. The number of likely N-dealkylation sites (tertiary alicyclic amines) is 1. The lowest BCUT2D eigenvalue weighted by atomic mass is 10.3. The molecule has 1 rings (SSSR count). The molecule has 3 heteroatoms. The van der Waals surface area contributed by atoms with Crippen molar-refractivity contribution in [1.29, 1.82) is 0 Å². The van der Waals surface area contributed by atoms with Gasteiger partial charge in [-0.2, -0.15) is 5.10 Å². The fourth-order valence-electron chi connectivity index (χ4n) is 1.33. The lowest BCUT2D eigenvalue weighted by Gasteiger charge is -2.14. The third-order valence-corrected chi connectivity index (χ3v) is 2.44. The van der Waals surface area contributed by atoms with Crippen molar-refractivity contribution in [3.05, 3.63) is 0 Å². The highest BCUT2D eigenvalue weighted by molar-refractivity contribution is 5.84. The average molecular weight is 181 g/mol. The summed E-state index contributed by atoms with van der Waals surface area (Å²) in [6.07, 6.45) is 3.57. The predicted molar refractivity (Wildman–Crippen MR) is 57.3 cm³/mol. The molecule has 0 aromatic carbocycles. The minimum Gasteiger partial charge on any atom is -0.359 e. The van der Waals surface area contributed by atoms with Crippen molar-refractivity contribution in [3.63, 3.8) is 0 Å². The van der Waals surface area contributed by atoms with E-state index in [1.165, 1.54) is 12.8 Å². The molecule has 0 aromatic rings. The van der Waals surface area contributed by atoms with Crippen LogP contribution >= 0.6 is 0 Å². The second-order valence-electron chi connectivity index (χ2n) is 3.53. The summed E-state index contributed by atoms with van der Waals surface area (Å²) in [5.74, 6) is 1.06. The first kappa shape index (κ1) is 10.2. The summed E-state index contributed by atoms with van der Waals surface area (Å²) in [7, 11) is 0. The molecule has 1 heterocycles. The number of rotatable bonds is 2. The molecule has 3 nitrogen and oxygen atoms in total. The Morgan fingerprint density at radius 3 is 2.31 bits per heavy atom. The second kappa shape index (κ2) is 5.00. The summed E-state index contributed by atoms with van der Waals surface area (Å²) in [6.45, 7) is 8.45. The standard InChI is InChI=1S/C10H19N3/c1-4-9(2)11-12-10(3)13-7-5-6-8-13/h4-8H2,1-3H3/b11-9-,12-10+. The quantitative estimate of drug-likeness (QED) is 0.365. The average Bonchev–Trinajstić information content (AvgIpc) is 2.66. The summed E-state index contributed by atoms with van der Waals surface area (Å²) >= 11 is 0. The van der Waals surface area contributed by atoms with E-state index in [2.05, 4.69) is 22.0 Å². The molecule has 0 saturated carbocycles. The first-order valence-electron chi connectivity index (χ1n) is 5.06. The minimum atomic E-state index is 0.983. The molecule has 0 N–H and O–H groups in total. The topological polar surface area (TPSA) is 28.0 Å². The Balaban J connectivity index is 2.49. The smallest absolute Gasteiger partial charge is 0.124 e. The van der Waals surface area contributed by atoms with Crippen LogP contribution in [-0.4, -0.2) is 29.5 Å². The maximum Gasteiger partial charge on any atom is 0.124 e. The van der Waals surface area contributed by atoms with Crippen LogP contribution in [0.25, 0.3) is 0 Å². The first-order chi connectivity index (χ1) is 6.24. The molecular weight excluding hydrogens is 162 g/mol. The van der Waals surface area contributed by atoms with Gasteiger partial charge in [0.15, 0.2) is 0 Å². The minimum absolute atomic E-state index is 0.983. The molecule has 0 spiro atoms. The molecule has 1 aliphatic heterocycles. The van der Waals surface area contributed by atoms with E-state index >= 15 is 0 Å². The third-order valence-electron chi connectivity index (χ3n) is 2.44. The fourth-order valence-corrected chi connectivity index (χ4v) is 1.33. The lowest BCUT2D eigenvalue weighted by Crippen LogP contribution is -2.24. The van der Waals surface area contributed by atoms with E-state index in [1.807, 2.05) is 13.8 Å². The van der Waals surface area contributed by atoms with Gasteiger partial charge in [0.25, 0.3) is 0 Å². The Bertz CT molecular complexity index is 212. The van der Waals surface area contributed by atoms with Crippen molar-refractivity contribution in [3.8, 4) is 0 Å². The van der Waals surface area contributed by atoms with E-state index in [9.17, 15) is 0 Å². The van der Waals surface area contributed by atoms with Crippen molar-refractivity contribution >= 4 is 11.5 Å². The van der Waals surface area contributed by atoms with Crippen molar-refractivity contribution in [2.45, 2.75) is 40.0 Å². The van der Waals surface area contributed by atoms with Crippen LogP contribution in [0, 0.1) is 0 Å². The maximum atomic E-state index is 4.21. The van der Waals surface area contributed by atoms with Gasteiger partial charge in [0.1, 0.15) is 5.84 Å². The number of hydrogen-bond donors (Lipinski definition) is 0. The van der Waals surface area contributed by atoms with E-state index < -0.39 is 0 Å². The lowest BCUT2D eigenvalue weighted by molar-refractivity contribution is 0.514. The molecule has 0 unspecified atom stereocenters. The molecule has 1 saturated heterocycles. The van der Waals surface area contributed by atoms with E-state index in [-0.39, 0.29) is 0 Å². The summed E-state index contributed by atoms with van der Waals surface area (Å²) in [5.41, 5.74) is 1.10. The van der Waals surface area contributed by atoms with Crippen LogP contribution in [0.5, 0.6) is 0 Å². The third kappa shape index (κ3) is 3.17. The van der Waals surface area contributed by atoms with Crippen LogP contribution in [0.2, 0.25) is 0 Å². The van der Waals surface area contributed by atoms with Gasteiger partial charge in [-0.1, -0.05) is 6.92 Å². The van der Waals surface area contributed by atoms with Gasteiger partial charge in [0.05, 0.1) is 0 Å². The first-order valence-corrected chi connectivity index (χ1v) is 5.06. The van der Waals surface area contributed by atoms with E-state index in [4.69, 9.17) is 0 Å². The molecular formula is C10H19N3. The van der Waals surface area contributed by atoms with Crippen LogP contribution in [0.15, 0.2) is 10.2 Å². The Morgan fingerprint density at radius 1 is 1.15 bits per heavy atom. The molecule has 0 atom stereocenters. The van der Waals surface area contributed by atoms with E-state index in [0.717, 1.165) is 31.1 Å². The van der Waals surface area contributed by atoms with Crippen LogP contribution in [-0.2, 0) is 0 Å². The van der Waals surface area contributed by atoms with Crippen LogP contribution in [0.4, 0.5) is 0 Å². The van der Waals surface area contributed by atoms with Crippen LogP contribution in [0.3, 0.4) is 0 Å². The molecule has 0 aliphatic carbocycles. The Kier molecular flexibility index (Phi) is 3.93. The van der Waals surface area contributed by atoms with Gasteiger partial charge in [-0.25, -0.2) is 0 Å². The van der Waals surface area contributed by atoms with Crippen molar-refractivity contribution in [2.24, 2.45) is 10.2 Å². The highest BCUT2D eigenvalue weighted by atomic mass is 15.3. The summed E-state index contributed by atoms with van der Waals surface area (Å²) < 4.78 is 0. The van der Waals surface area contributed by atoms with Crippen LogP contribution in [0.1, 0.15) is 40.0 Å². The number of nitrogens with zero attached hydrogens (tertiary/aromatic N) is 3. The number of amidine groups is 1. The summed E-state index contributed by atoms with van der Waals surface area (Å²) in [4.78, 5) is 2.30. The largest absolute Gasteiger partial charge is 0.359 e. The van der Waals surface area contributed by atoms with E-state index in [1.54, 1.807) is 0 Å². The van der Waals surface area contributed by atoms with E-state index in [0.29, 0.717) is 0 Å². The zero-order valence-corrected chi connectivity index (χ0v) is 8.88. The zero-order valence-electron chi connectivity index (χ0n) is 8.88. The van der Waals surface area contributed by atoms with Gasteiger partial charge in [-0.15, -0.1) is 5.10 Å². The van der Waals surface area contributed by atoms with Gasteiger partial charge < -0.3 is 4.90 Å². The zero-order chi connectivity index (χ0) is 9.68. The number of hydrogen-bond acceptors (Lipinski definition) is 2. The van der Waals surface area contributed by atoms with Crippen molar-refractivity contribution < 1.29 is 0 Å². The predicted octanol–water partition coefficient (Wildman–Crippen LogP) is 2.29. The van der Waals surface area contributed by atoms with Gasteiger partial charge in [-0.3, -0.25) is 0 Å². The highest BCUT2D eigenvalue weighted by Crippen LogP contribution is 2.08. The Labute approximate surface area is 80.5 Å². The van der Waals surface area contributed by atoms with Gasteiger partial charge in [0.2, 0.25) is 0 Å². The molecule has 0 amide bonds. The Hall–Kier alpha value is -0.860. The molecule has 74 valence electrons. The second-order valence-corrected chi connectivity index (χ2v) is 3.53. The summed E-state index contributed by atoms with van der Waals surface area (Å²) in [5, 5.41) is 8.36. The monoisotopic (exact) mass is 181 g/mol. The van der Waals surface area contributed by atoms with Crippen LogP contribution < -0.4 is 0 Å². The normalized spacial score (nSPS) is 19.8. The van der Waals surface area contributed by atoms with Gasteiger partial charge in [-0.05, 0) is 33.1 Å². The molecule has 0 radical (unpaired) electrons. The van der Waals surface area contributed by atoms with Gasteiger partial charge in [0, 0.05) is 18.8 Å². The Morgan fingerprint density at radius 2 is 1.77 bits per heavy atom. The van der Waals surface area contributed by atoms with Gasteiger partial charge >= 0.3 is 0 Å².